The maximum Gasteiger partial charge on any atom is 0.0781 e. The van der Waals surface area contributed by atoms with Gasteiger partial charge in [-0.25, -0.2) is 0 Å². The quantitative estimate of drug-likeness (QED) is 0.477. The summed E-state index contributed by atoms with van der Waals surface area (Å²) in [6, 6.07) is 0. The molecule has 16 heavy (non-hydrogen) atoms. The number of hydrogen-bond acceptors (Lipinski definition) is 1. The molecule has 0 saturated heterocycles. The Kier molecular flexibility index (Phi) is 6.98. The molecule has 2 unspecified atom stereocenters. The van der Waals surface area contributed by atoms with Crippen molar-refractivity contribution in [3.05, 3.63) is 0 Å². The molecule has 0 amide bonds. The number of unbranched alkanes of at least 4 members (excludes halogenated alkanes) is 3. The minimum absolute atomic E-state index is 0.157. The molecule has 2 atom stereocenters. The van der Waals surface area contributed by atoms with Crippen LogP contribution in [-0.4, -0.2) is 17.5 Å². The van der Waals surface area contributed by atoms with E-state index in [4.69, 9.17) is 4.74 Å². The van der Waals surface area contributed by atoms with Crippen LogP contribution in [-0.2, 0) is 4.74 Å². The van der Waals surface area contributed by atoms with Gasteiger partial charge < -0.3 is 4.74 Å². The molecule has 1 aliphatic carbocycles. The Morgan fingerprint density at radius 3 is 2.75 bits per heavy atom. The first-order chi connectivity index (χ1) is 7.72. The Hall–Kier alpha value is 0.440. The van der Waals surface area contributed by atoms with E-state index in [2.05, 4.69) is 29.8 Å². The highest BCUT2D eigenvalue weighted by Gasteiger charge is 2.34. The second-order valence-corrected chi connectivity index (χ2v) is 5.99. The van der Waals surface area contributed by atoms with E-state index in [1.165, 1.54) is 51.4 Å². The Morgan fingerprint density at radius 2 is 2.12 bits per heavy atom. The molecule has 0 aliphatic heterocycles. The molecule has 1 fully saturated rings. The van der Waals surface area contributed by atoms with Crippen molar-refractivity contribution in [2.24, 2.45) is 5.92 Å². The van der Waals surface area contributed by atoms with Crippen LogP contribution in [0.25, 0.3) is 0 Å². The lowest BCUT2D eigenvalue weighted by atomic mass is 9.80. The largest absolute Gasteiger partial charge is 0.374 e. The smallest absolute Gasteiger partial charge is 0.0781 e. The van der Waals surface area contributed by atoms with E-state index in [0.717, 1.165) is 17.9 Å². The first kappa shape index (κ1) is 14.5. The van der Waals surface area contributed by atoms with Crippen LogP contribution >= 0.6 is 15.9 Å². The predicted octanol–water partition coefficient (Wildman–Crippen LogP) is 4.93. The maximum atomic E-state index is 6.19. The highest BCUT2D eigenvalue weighted by atomic mass is 79.9. The van der Waals surface area contributed by atoms with Crippen molar-refractivity contribution in [2.75, 3.05) is 11.9 Å². The van der Waals surface area contributed by atoms with Gasteiger partial charge in [-0.3, -0.25) is 0 Å². The molecule has 1 saturated carbocycles. The van der Waals surface area contributed by atoms with Gasteiger partial charge >= 0.3 is 0 Å². The summed E-state index contributed by atoms with van der Waals surface area (Å²) in [5.41, 5.74) is 0.157. The summed E-state index contributed by atoms with van der Waals surface area (Å²) in [4.78, 5) is 0. The van der Waals surface area contributed by atoms with Crippen molar-refractivity contribution >= 4 is 15.9 Å². The summed E-state index contributed by atoms with van der Waals surface area (Å²) < 4.78 is 6.19. The molecule has 0 radical (unpaired) electrons. The molecule has 96 valence electrons. The molecular weight excluding hydrogens is 264 g/mol. The molecule has 0 aromatic heterocycles. The van der Waals surface area contributed by atoms with Crippen molar-refractivity contribution in [2.45, 2.75) is 70.8 Å². The van der Waals surface area contributed by atoms with Crippen molar-refractivity contribution < 1.29 is 4.74 Å². The van der Waals surface area contributed by atoms with Crippen molar-refractivity contribution in [1.29, 1.82) is 0 Å². The van der Waals surface area contributed by atoms with E-state index in [1.807, 2.05) is 0 Å². The average Bonchev–Trinajstić information content (AvgIpc) is 2.29. The van der Waals surface area contributed by atoms with E-state index in [1.54, 1.807) is 0 Å². The predicted molar refractivity (Wildman–Crippen MR) is 74.3 cm³/mol. The van der Waals surface area contributed by atoms with Gasteiger partial charge in [0.1, 0.15) is 0 Å². The summed E-state index contributed by atoms with van der Waals surface area (Å²) in [6.07, 6.45) is 10.4. The van der Waals surface area contributed by atoms with Crippen LogP contribution in [0.15, 0.2) is 0 Å². The third-order valence-corrected chi connectivity index (χ3v) is 4.72. The normalized spacial score (nSPS) is 30.6. The zero-order chi connectivity index (χ0) is 11.9. The second kappa shape index (κ2) is 7.71. The van der Waals surface area contributed by atoms with Gasteiger partial charge in [0, 0.05) is 11.9 Å². The van der Waals surface area contributed by atoms with Gasteiger partial charge in [0.2, 0.25) is 0 Å². The summed E-state index contributed by atoms with van der Waals surface area (Å²) in [7, 11) is 0. The van der Waals surface area contributed by atoms with E-state index in [0.29, 0.717) is 0 Å². The SMILES string of the molecule is CCCCCCOC1(CBr)CCCC(C)C1. The van der Waals surface area contributed by atoms with E-state index in [-0.39, 0.29) is 5.60 Å². The molecule has 1 aliphatic rings. The number of hydrogen-bond donors (Lipinski definition) is 0. The molecule has 0 heterocycles. The lowest BCUT2D eigenvalue weighted by molar-refractivity contribution is -0.0640. The van der Waals surface area contributed by atoms with Gasteiger partial charge in [0.05, 0.1) is 5.60 Å². The fourth-order valence-electron chi connectivity index (χ4n) is 2.72. The van der Waals surface area contributed by atoms with Crippen LogP contribution in [0.5, 0.6) is 0 Å². The Balaban J connectivity index is 2.24. The number of rotatable bonds is 7. The standard InChI is InChI=1S/C14H27BrO/c1-3-4-5-6-10-16-14(12-15)9-7-8-13(2)11-14/h13H,3-12H2,1-2H3. The van der Waals surface area contributed by atoms with Crippen molar-refractivity contribution in [3.8, 4) is 0 Å². The molecule has 0 aromatic rings. The van der Waals surface area contributed by atoms with E-state index in [9.17, 15) is 0 Å². The van der Waals surface area contributed by atoms with E-state index < -0.39 is 0 Å². The average molecular weight is 291 g/mol. The number of halogens is 1. The highest BCUT2D eigenvalue weighted by Crippen LogP contribution is 2.36. The lowest BCUT2D eigenvalue weighted by Crippen LogP contribution is -2.39. The van der Waals surface area contributed by atoms with Gasteiger partial charge in [-0.15, -0.1) is 0 Å². The molecular formula is C14H27BrO. The van der Waals surface area contributed by atoms with Gasteiger partial charge in [-0.1, -0.05) is 61.9 Å². The summed E-state index contributed by atoms with van der Waals surface area (Å²) in [5.74, 6) is 0.835. The van der Waals surface area contributed by atoms with Crippen LogP contribution in [0.1, 0.15) is 65.2 Å². The van der Waals surface area contributed by atoms with Gasteiger partial charge in [-0.2, -0.15) is 0 Å². The molecule has 0 bridgehead atoms. The van der Waals surface area contributed by atoms with Crippen LogP contribution in [0.4, 0.5) is 0 Å². The van der Waals surface area contributed by atoms with Gasteiger partial charge in [0.25, 0.3) is 0 Å². The maximum absolute atomic E-state index is 6.19. The van der Waals surface area contributed by atoms with Crippen molar-refractivity contribution in [1.82, 2.24) is 0 Å². The molecule has 2 heteroatoms. The van der Waals surface area contributed by atoms with Crippen molar-refractivity contribution in [3.63, 3.8) is 0 Å². The third-order valence-electron chi connectivity index (χ3n) is 3.70. The summed E-state index contributed by atoms with van der Waals surface area (Å²) in [5, 5.41) is 1.01. The highest BCUT2D eigenvalue weighted by molar-refractivity contribution is 9.09. The summed E-state index contributed by atoms with van der Waals surface area (Å²) in [6.45, 7) is 5.57. The number of ether oxygens (including phenoxy) is 1. The molecule has 1 nitrogen and oxygen atoms in total. The van der Waals surface area contributed by atoms with Crippen LogP contribution in [0.2, 0.25) is 0 Å². The minimum atomic E-state index is 0.157. The van der Waals surface area contributed by atoms with Crippen LogP contribution < -0.4 is 0 Å². The number of alkyl halides is 1. The minimum Gasteiger partial charge on any atom is -0.374 e. The zero-order valence-corrected chi connectivity index (χ0v) is 12.5. The topological polar surface area (TPSA) is 9.23 Å². The first-order valence-corrected chi connectivity index (χ1v) is 8.04. The van der Waals surface area contributed by atoms with E-state index >= 15 is 0 Å². The second-order valence-electron chi connectivity index (χ2n) is 5.43. The van der Waals surface area contributed by atoms with Gasteiger partial charge in [0.15, 0.2) is 0 Å². The third kappa shape index (κ3) is 4.75. The Morgan fingerprint density at radius 1 is 1.31 bits per heavy atom. The zero-order valence-electron chi connectivity index (χ0n) is 10.9. The molecule has 1 rings (SSSR count). The van der Waals surface area contributed by atoms with Gasteiger partial charge in [-0.05, 0) is 25.2 Å². The molecule has 0 N–H and O–H groups in total. The fraction of sp³-hybridized carbons (Fsp3) is 1.00. The van der Waals surface area contributed by atoms with Crippen LogP contribution in [0.3, 0.4) is 0 Å². The monoisotopic (exact) mass is 290 g/mol. The molecule has 0 spiro atoms. The Labute approximate surface area is 109 Å². The Bertz CT molecular complexity index is 184. The molecule has 0 aromatic carbocycles. The lowest BCUT2D eigenvalue weighted by Gasteiger charge is -2.38. The first-order valence-electron chi connectivity index (χ1n) is 6.92. The summed E-state index contributed by atoms with van der Waals surface area (Å²) >= 11 is 3.65. The van der Waals surface area contributed by atoms with Crippen LogP contribution in [0, 0.1) is 5.92 Å². The fourth-order valence-corrected chi connectivity index (χ4v) is 3.39.